The van der Waals surface area contributed by atoms with Crippen LogP contribution in [0.3, 0.4) is 0 Å². The van der Waals surface area contributed by atoms with Crippen LogP contribution in [0.25, 0.3) is 0 Å². The van der Waals surface area contributed by atoms with E-state index in [9.17, 15) is 38.3 Å². The molecule has 4 aliphatic heterocycles. The molecule has 14 nitrogen and oxygen atoms in total. The van der Waals surface area contributed by atoms with Gasteiger partial charge in [-0.25, -0.2) is 8.78 Å². The smallest absolute Gasteiger partial charge is 0.305 e. The van der Waals surface area contributed by atoms with Crippen LogP contribution in [-0.4, -0.2) is 63.9 Å². The van der Waals surface area contributed by atoms with Crippen molar-refractivity contribution in [2.45, 2.75) is 72.9 Å². The van der Waals surface area contributed by atoms with Crippen molar-refractivity contribution < 1.29 is 47.3 Å². The van der Waals surface area contributed by atoms with Gasteiger partial charge < -0.3 is 19.3 Å². The first-order valence-electron chi connectivity index (χ1n) is 23.4. The zero-order chi connectivity index (χ0) is 51.3. The number of aromatic nitrogens is 2. The summed E-state index contributed by atoms with van der Waals surface area (Å²) in [5, 5.41) is 14.6. The van der Waals surface area contributed by atoms with E-state index in [-0.39, 0.29) is 58.4 Å². The van der Waals surface area contributed by atoms with E-state index in [0.29, 0.717) is 61.4 Å². The summed E-state index contributed by atoms with van der Waals surface area (Å²) in [6.07, 6.45) is 5.92. The predicted octanol–water partition coefficient (Wildman–Crippen LogP) is 8.95. The molecular weight excluding hydrogens is 1000 g/mol. The van der Waals surface area contributed by atoms with E-state index in [0.717, 1.165) is 32.0 Å². The molecule has 6 aromatic rings. The number of esters is 2. The standard InChI is InChI=1S/C27H23FN2O5S.C24H19FN2O3S.C3H5ClO2/c1-16(31)34-15-35-25-21(32)9-12-29-24(25)26(33)27(10-11-27)14-30(29)23-17-6-4-7-20(28)19(17)13-36-22-8-3-2-5-18(22)23;25-17-6-3-5-14-16(17)12-31-19-7-2-1-4-15(19)20(14)27-13-24(9-10-24)23(30)21-22(29)18(28)8-11-26(21)27;1-3(5)6-2-4/h2-9,12,23H,10-11,13-15H2,1H3;1-8,11,20,29H,9-10,12-13H2;2H2,1H3. The third-order valence-corrected chi connectivity index (χ3v) is 16.4. The van der Waals surface area contributed by atoms with E-state index < -0.39 is 46.2 Å². The summed E-state index contributed by atoms with van der Waals surface area (Å²) >= 11 is 8.13. The molecule has 6 heterocycles. The number of pyridine rings is 2. The second-order valence-corrected chi connectivity index (χ2v) is 20.8. The van der Waals surface area contributed by atoms with Crippen LogP contribution in [0.15, 0.2) is 129 Å². The van der Waals surface area contributed by atoms with E-state index in [1.54, 1.807) is 57.4 Å². The number of halogens is 3. The molecule has 2 saturated carbocycles. The third kappa shape index (κ3) is 9.18. The molecule has 1 N–H and O–H groups in total. The van der Waals surface area contributed by atoms with Gasteiger partial charge >= 0.3 is 11.9 Å². The van der Waals surface area contributed by atoms with Crippen molar-refractivity contribution >= 4 is 58.6 Å². The number of ketones is 2. The van der Waals surface area contributed by atoms with Gasteiger partial charge in [-0.05, 0) is 72.2 Å². The number of ether oxygens (including phenoxy) is 3. The highest BCUT2D eigenvalue weighted by Gasteiger charge is 2.58. The largest absolute Gasteiger partial charge is 0.503 e. The van der Waals surface area contributed by atoms with E-state index in [2.05, 4.69) is 4.74 Å². The Morgan fingerprint density at radius 2 is 1.08 bits per heavy atom. The van der Waals surface area contributed by atoms with Crippen LogP contribution in [0.5, 0.6) is 11.5 Å². The molecular formula is C54H47ClF2N4O10S2. The van der Waals surface area contributed by atoms with Crippen LogP contribution in [0.2, 0.25) is 0 Å². The van der Waals surface area contributed by atoms with Gasteiger partial charge in [-0.15, -0.1) is 23.5 Å². The van der Waals surface area contributed by atoms with Crippen molar-refractivity contribution in [3.8, 4) is 11.5 Å². The molecule has 2 spiro atoms. The van der Waals surface area contributed by atoms with Crippen molar-refractivity contribution in [3.05, 3.63) is 186 Å². The zero-order valence-corrected chi connectivity index (χ0v) is 41.9. The summed E-state index contributed by atoms with van der Waals surface area (Å²) in [4.78, 5) is 74.9. The number of carbonyl (C=O) groups is 4. The quantitative estimate of drug-likeness (QED) is 0.0954. The van der Waals surface area contributed by atoms with E-state index in [4.69, 9.17) is 21.1 Å². The molecule has 2 aliphatic carbocycles. The maximum atomic E-state index is 15.1. The molecule has 376 valence electrons. The van der Waals surface area contributed by atoms with Gasteiger partial charge in [0, 0.05) is 83.9 Å². The minimum atomic E-state index is -0.644. The highest BCUT2D eigenvalue weighted by atomic mass is 35.5. The Labute approximate surface area is 430 Å². The molecule has 2 fully saturated rings. The molecule has 0 radical (unpaired) electrons. The van der Waals surface area contributed by atoms with Gasteiger partial charge in [0.05, 0.1) is 22.9 Å². The molecule has 73 heavy (non-hydrogen) atoms. The lowest BCUT2D eigenvalue weighted by atomic mass is 9.90. The second-order valence-electron chi connectivity index (χ2n) is 18.6. The zero-order valence-electron chi connectivity index (χ0n) is 39.5. The fourth-order valence-electron chi connectivity index (χ4n) is 10.1. The van der Waals surface area contributed by atoms with Crippen molar-refractivity contribution in [1.82, 2.24) is 9.35 Å². The highest BCUT2D eigenvalue weighted by Crippen LogP contribution is 2.55. The number of aromatic hydroxyl groups is 1. The van der Waals surface area contributed by atoms with Crippen molar-refractivity contribution in [2.24, 2.45) is 10.8 Å². The summed E-state index contributed by atoms with van der Waals surface area (Å²) in [7, 11) is 0. The average molecular weight is 1050 g/mol. The number of hydrogen-bond acceptors (Lipinski definition) is 14. The van der Waals surface area contributed by atoms with Crippen molar-refractivity contribution in [3.63, 3.8) is 0 Å². The fourth-order valence-corrected chi connectivity index (χ4v) is 12.5. The molecule has 0 amide bonds. The number of fused-ring (bicyclic) bond motifs is 6. The molecule has 19 heteroatoms. The molecule has 2 atom stereocenters. The monoisotopic (exact) mass is 1050 g/mol. The first-order valence-corrected chi connectivity index (χ1v) is 25.9. The molecule has 6 aliphatic rings. The maximum absolute atomic E-state index is 15.1. The SMILES string of the molecule is CC(=O)OCCl.CC(=O)OCOc1c2n(ccc1=O)N(C1c3ccccc3SCc3c(F)cccc31)CC1(CC1)C2=O.O=C1c2c(O)c(=O)ccn2N(C2c3ccccc3SCc3c(F)cccc32)CC12CC2. The Kier molecular flexibility index (Phi) is 13.5. The number of alkyl halides is 1. The van der Waals surface area contributed by atoms with E-state index >= 15 is 4.39 Å². The topological polar surface area (TPSA) is 167 Å². The van der Waals surface area contributed by atoms with Gasteiger partial charge in [-0.3, -0.25) is 48.1 Å². The van der Waals surface area contributed by atoms with Crippen LogP contribution in [-0.2, 0) is 30.6 Å². The third-order valence-electron chi connectivity index (χ3n) is 14.1. The number of thioether (sulfide) groups is 2. The summed E-state index contributed by atoms with van der Waals surface area (Å²) in [5.74, 6) is -1.42. The number of benzene rings is 4. The lowest BCUT2D eigenvalue weighted by Gasteiger charge is -2.43. The lowest BCUT2D eigenvalue weighted by Crippen LogP contribution is -2.52. The minimum absolute atomic E-state index is 0.0311. The molecule has 12 rings (SSSR count). The Morgan fingerprint density at radius 1 is 0.630 bits per heavy atom. The summed E-state index contributed by atoms with van der Waals surface area (Å²) in [6, 6.07) is 28.0. The first-order chi connectivity index (χ1) is 35.2. The summed E-state index contributed by atoms with van der Waals surface area (Å²) < 4.78 is 47.8. The number of Topliss-reactive ketones (excluding diaryl/α,β-unsaturated/α-hetero) is 2. The highest BCUT2D eigenvalue weighted by molar-refractivity contribution is 7.98. The van der Waals surface area contributed by atoms with Gasteiger partial charge in [0.15, 0.2) is 40.5 Å². The van der Waals surface area contributed by atoms with Crippen LogP contribution < -0.4 is 25.6 Å². The van der Waals surface area contributed by atoms with Crippen LogP contribution >= 0.6 is 35.1 Å². The fraction of sp³-hybridized carbons (Fsp3) is 0.296. The second kappa shape index (κ2) is 19.8. The molecule has 4 aromatic carbocycles. The predicted molar refractivity (Wildman–Crippen MR) is 269 cm³/mol. The van der Waals surface area contributed by atoms with Gasteiger partial charge in [0.25, 0.3) is 0 Å². The molecule has 0 saturated heterocycles. The van der Waals surface area contributed by atoms with Crippen LogP contribution in [0.4, 0.5) is 8.78 Å². The van der Waals surface area contributed by atoms with E-state index in [1.807, 2.05) is 70.7 Å². The van der Waals surface area contributed by atoms with Crippen molar-refractivity contribution in [1.29, 1.82) is 0 Å². The Balaban J connectivity index is 0.000000152. The molecule has 0 bridgehead atoms. The van der Waals surface area contributed by atoms with Gasteiger partial charge in [0.1, 0.15) is 11.6 Å². The van der Waals surface area contributed by atoms with Gasteiger partial charge in [-0.2, -0.15) is 0 Å². The van der Waals surface area contributed by atoms with Gasteiger partial charge in [0.2, 0.25) is 17.7 Å². The molecule has 2 unspecified atom stereocenters. The maximum Gasteiger partial charge on any atom is 0.305 e. The first kappa shape index (κ1) is 49.7. The average Bonchev–Trinajstić information content (AvgIpc) is 4.31. The normalized spacial score (nSPS) is 18.8. The lowest BCUT2D eigenvalue weighted by molar-refractivity contribution is -0.147. The minimum Gasteiger partial charge on any atom is -0.503 e. The van der Waals surface area contributed by atoms with Crippen LogP contribution in [0.1, 0.15) is 106 Å². The number of rotatable bonds is 6. The summed E-state index contributed by atoms with van der Waals surface area (Å²) in [6.45, 7) is 2.94. The number of carbonyl (C=O) groups excluding carboxylic acids is 4. The van der Waals surface area contributed by atoms with Crippen LogP contribution in [0, 0.1) is 22.5 Å². The number of nitrogens with zero attached hydrogens (tertiary/aromatic N) is 4. The van der Waals surface area contributed by atoms with E-state index in [1.165, 1.54) is 38.1 Å². The van der Waals surface area contributed by atoms with Gasteiger partial charge in [-0.1, -0.05) is 72.3 Å². The number of hydrogen-bond donors (Lipinski definition) is 1. The Bertz CT molecular complexity index is 3360. The Hall–Kier alpha value is -6.89. The van der Waals surface area contributed by atoms with Crippen molar-refractivity contribution in [2.75, 3.05) is 36.0 Å². The summed E-state index contributed by atoms with van der Waals surface area (Å²) in [5.41, 5.74) is 2.83. The Morgan fingerprint density at radius 3 is 1.55 bits per heavy atom. The molecule has 2 aromatic heterocycles.